The maximum atomic E-state index is 13.0. The van der Waals surface area contributed by atoms with Gasteiger partial charge in [-0.25, -0.2) is 4.79 Å². The van der Waals surface area contributed by atoms with Crippen LogP contribution in [0.1, 0.15) is 51.5 Å². The number of esters is 1. The van der Waals surface area contributed by atoms with Crippen molar-refractivity contribution in [3.63, 3.8) is 0 Å². The second-order valence-electron chi connectivity index (χ2n) is 8.03. The molecule has 0 bridgehead atoms. The highest BCUT2D eigenvalue weighted by atomic mass is 32.1. The molecule has 4 rings (SSSR count). The molecule has 2 aromatic rings. The maximum absolute atomic E-state index is 13.0. The molecule has 2 N–H and O–H groups in total. The van der Waals surface area contributed by atoms with Crippen LogP contribution < -0.4 is 5.32 Å². The topological polar surface area (TPSA) is 92.7 Å². The van der Waals surface area contributed by atoms with Crippen molar-refractivity contribution in [2.45, 2.75) is 38.0 Å². The van der Waals surface area contributed by atoms with E-state index in [1.54, 1.807) is 6.08 Å². The molecule has 1 amide bonds. The Morgan fingerprint density at radius 2 is 1.81 bits per heavy atom. The number of hydrogen-bond donors (Lipinski definition) is 2. The van der Waals surface area contributed by atoms with Gasteiger partial charge in [-0.05, 0) is 49.1 Å². The number of carboxylic acid groups (broad SMARTS) is 1. The summed E-state index contributed by atoms with van der Waals surface area (Å²) in [7, 11) is 1.33. The molecule has 0 fully saturated rings. The highest BCUT2D eigenvalue weighted by Crippen LogP contribution is 2.43. The fraction of sp³-hybridized carbons (Fsp3) is 0.375. The molecule has 1 aromatic heterocycles. The zero-order chi connectivity index (χ0) is 22.0. The predicted molar refractivity (Wildman–Crippen MR) is 118 cm³/mol. The van der Waals surface area contributed by atoms with Crippen molar-refractivity contribution in [2.24, 2.45) is 11.8 Å². The number of rotatable bonds is 5. The third-order valence-corrected chi connectivity index (χ3v) is 7.42. The number of hydrogen-bond acceptors (Lipinski definition) is 5. The van der Waals surface area contributed by atoms with E-state index in [-0.39, 0.29) is 5.91 Å². The van der Waals surface area contributed by atoms with E-state index in [9.17, 15) is 19.5 Å². The number of fused-ring (bicyclic) bond motifs is 1. The van der Waals surface area contributed by atoms with Crippen LogP contribution in [0.3, 0.4) is 0 Å². The van der Waals surface area contributed by atoms with Crippen molar-refractivity contribution < 1.29 is 24.2 Å². The van der Waals surface area contributed by atoms with Gasteiger partial charge in [-0.3, -0.25) is 9.59 Å². The van der Waals surface area contributed by atoms with E-state index < -0.39 is 23.8 Å². The first-order chi connectivity index (χ1) is 15.0. The lowest BCUT2D eigenvalue weighted by Crippen LogP contribution is -2.34. The van der Waals surface area contributed by atoms with E-state index in [1.807, 2.05) is 24.3 Å². The Morgan fingerprint density at radius 3 is 2.48 bits per heavy atom. The van der Waals surface area contributed by atoms with E-state index in [1.165, 1.54) is 24.0 Å². The number of carbonyl (C=O) groups is 3. The van der Waals surface area contributed by atoms with E-state index in [2.05, 4.69) is 17.4 Å². The monoisotopic (exact) mass is 439 g/mol. The fourth-order valence-electron chi connectivity index (χ4n) is 4.58. The number of carbonyl (C=O) groups excluding carboxylic acids is 2. The number of thiophene rings is 1. The normalized spacial score (nSPS) is 22.4. The van der Waals surface area contributed by atoms with Gasteiger partial charge >= 0.3 is 11.9 Å². The number of allylic oxidation sites excluding steroid dienone is 2. The molecule has 6 nitrogen and oxygen atoms in total. The number of anilines is 1. The summed E-state index contributed by atoms with van der Waals surface area (Å²) in [5.41, 5.74) is 2.63. The number of methoxy groups -OCH3 is 1. The summed E-state index contributed by atoms with van der Waals surface area (Å²) >= 11 is 1.41. The smallest absolute Gasteiger partial charge is 0.341 e. The molecule has 2 aliphatic rings. The van der Waals surface area contributed by atoms with Crippen LogP contribution >= 0.6 is 11.3 Å². The molecule has 162 valence electrons. The molecular formula is C24H25NO5S. The predicted octanol–water partition coefficient (Wildman–Crippen LogP) is 4.41. The van der Waals surface area contributed by atoms with E-state index >= 15 is 0 Å². The average molecular weight is 440 g/mol. The van der Waals surface area contributed by atoms with Gasteiger partial charge in [0.2, 0.25) is 5.91 Å². The second kappa shape index (κ2) is 9.06. The van der Waals surface area contributed by atoms with Gasteiger partial charge in [-0.1, -0.05) is 42.5 Å². The van der Waals surface area contributed by atoms with Gasteiger partial charge in [0.1, 0.15) is 5.00 Å². The van der Waals surface area contributed by atoms with Crippen molar-refractivity contribution in [3.05, 3.63) is 64.1 Å². The van der Waals surface area contributed by atoms with E-state index in [0.717, 1.165) is 29.7 Å². The van der Waals surface area contributed by atoms with Crippen LogP contribution in [-0.4, -0.2) is 30.1 Å². The number of carboxylic acids is 1. The molecule has 0 aliphatic heterocycles. The van der Waals surface area contributed by atoms with Gasteiger partial charge in [0.25, 0.3) is 0 Å². The van der Waals surface area contributed by atoms with Gasteiger partial charge in [-0.15, -0.1) is 11.3 Å². The second-order valence-corrected chi connectivity index (χ2v) is 9.14. The van der Waals surface area contributed by atoms with Gasteiger partial charge in [0.15, 0.2) is 0 Å². The summed E-state index contributed by atoms with van der Waals surface area (Å²) in [6, 6.07) is 10.3. The van der Waals surface area contributed by atoms with Gasteiger partial charge in [-0.2, -0.15) is 0 Å². The molecule has 2 aliphatic carbocycles. The summed E-state index contributed by atoms with van der Waals surface area (Å²) in [6.07, 6.45) is 6.79. The average Bonchev–Trinajstić information content (AvgIpc) is 3.16. The van der Waals surface area contributed by atoms with Crippen LogP contribution in [0.5, 0.6) is 0 Å². The lowest BCUT2D eigenvalue weighted by molar-refractivity contribution is -0.146. The number of nitrogens with one attached hydrogen (secondary N) is 1. The van der Waals surface area contributed by atoms with Gasteiger partial charge < -0.3 is 15.2 Å². The molecule has 0 saturated carbocycles. The standard InChI is InChI=1S/C24H25NO5S/c1-30-24(29)20-18-12-11-15(14-7-3-2-4-8-14)13-19(18)31-22(20)25-21(26)16-9-5-6-10-17(16)23(27)28/h2-8,15-17H,9-13H2,1H3,(H,25,26)(H,27,28)/t15-,16+,17+/m0/s1. The van der Waals surface area contributed by atoms with E-state index in [4.69, 9.17) is 4.74 Å². The van der Waals surface area contributed by atoms with Crippen molar-refractivity contribution in [1.29, 1.82) is 0 Å². The van der Waals surface area contributed by atoms with Gasteiger partial charge in [0, 0.05) is 4.88 Å². The molecule has 0 saturated heterocycles. The molecule has 1 aromatic carbocycles. The Bertz CT molecular complexity index is 1030. The Kier molecular flexibility index (Phi) is 6.23. The first-order valence-electron chi connectivity index (χ1n) is 10.5. The largest absolute Gasteiger partial charge is 0.481 e. The minimum absolute atomic E-state index is 0.330. The minimum Gasteiger partial charge on any atom is -0.481 e. The molecule has 0 radical (unpaired) electrons. The highest BCUT2D eigenvalue weighted by molar-refractivity contribution is 7.17. The van der Waals surface area contributed by atoms with Crippen LogP contribution in [0.15, 0.2) is 42.5 Å². The molecule has 0 unspecified atom stereocenters. The molecule has 1 heterocycles. The Morgan fingerprint density at radius 1 is 1.10 bits per heavy atom. The van der Waals surface area contributed by atoms with Crippen LogP contribution in [0, 0.1) is 11.8 Å². The summed E-state index contributed by atoms with van der Waals surface area (Å²) in [5.74, 6) is -2.87. The molecular weight excluding hydrogens is 414 g/mol. The third-order valence-electron chi connectivity index (χ3n) is 6.25. The highest BCUT2D eigenvalue weighted by Gasteiger charge is 2.36. The lowest BCUT2D eigenvalue weighted by atomic mass is 9.82. The number of ether oxygens (including phenoxy) is 1. The third kappa shape index (κ3) is 4.28. The number of benzene rings is 1. The Labute approximate surface area is 184 Å². The molecule has 7 heteroatoms. The summed E-state index contributed by atoms with van der Waals surface area (Å²) in [4.78, 5) is 38.2. The summed E-state index contributed by atoms with van der Waals surface area (Å²) in [5, 5.41) is 12.8. The van der Waals surface area contributed by atoms with Crippen molar-refractivity contribution in [3.8, 4) is 0 Å². The Hall–Kier alpha value is -2.93. The van der Waals surface area contributed by atoms with Crippen LogP contribution in [-0.2, 0) is 27.2 Å². The van der Waals surface area contributed by atoms with Crippen molar-refractivity contribution >= 4 is 34.2 Å². The molecule has 0 spiro atoms. The number of aliphatic carboxylic acids is 1. The quantitative estimate of drug-likeness (QED) is 0.532. The first-order valence-corrected chi connectivity index (χ1v) is 11.3. The van der Waals surface area contributed by atoms with Crippen molar-refractivity contribution in [2.75, 3.05) is 12.4 Å². The van der Waals surface area contributed by atoms with Crippen LogP contribution in [0.25, 0.3) is 0 Å². The van der Waals surface area contributed by atoms with Crippen LogP contribution in [0.4, 0.5) is 5.00 Å². The van der Waals surface area contributed by atoms with Gasteiger partial charge in [0.05, 0.1) is 24.5 Å². The maximum Gasteiger partial charge on any atom is 0.341 e. The summed E-state index contributed by atoms with van der Waals surface area (Å²) < 4.78 is 5.01. The first kappa shape index (κ1) is 21.3. The summed E-state index contributed by atoms with van der Waals surface area (Å²) in [6.45, 7) is 0. The zero-order valence-corrected chi connectivity index (χ0v) is 18.1. The fourth-order valence-corrected chi connectivity index (χ4v) is 5.90. The Balaban J connectivity index is 1.62. The lowest BCUT2D eigenvalue weighted by Gasteiger charge is -2.24. The molecule has 31 heavy (non-hydrogen) atoms. The van der Waals surface area contributed by atoms with Crippen LogP contribution in [0.2, 0.25) is 0 Å². The van der Waals surface area contributed by atoms with Crippen molar-refractivity contribution in [1.82, 2.24) is 0 Å². The number of amides is 1. The SMILES string of the molecule is COC(=O)c1c(NC(=O)[C@@H]2CC=CC[C@H]2C(=O)O)sc2c1CC[C@H](c1ccccc1)C2. The van der Waals surface area contributed by atoms with E-state index in [0.29, 0.717) is 29.3 Å². The minimum atomic E-state index is -0.978. The molecule has 3 atom stereocenters. The zero-order valence-electron chi connectivity index (χ0n) is 17.3.